The first-order valence-corrected chi connectivity index (χ1v) is 15.8. The lowest BCUT2D eigenvalue weighted by atomic mass is 9.83. The second-order valence-corrected chi connectivity index (χ2v) is 11.4. The highest BCUT2D eigenvalue weighted by Crippen LogP contribution is 2.41. The molecule has 0 N–H and O–H groups in total. The molecule has 2 heterocycles. The Kier molecular flexibility index (Phi) is 16.4. The molecule has 2 aliphatic rings. The summed E-state index contributed by atoms with van der Waals surface area (Å²) < 4.78 is 57.6. The summed E-state index contributed by atoms with van der Waals surface area (Å²) in [6, 6.07) is 0. The van der Waals surface area contributed by atoms with Gasteiger partial charge in [-0.25, -0.2) is 0 Å². The zero-order chi connectivity index (χ0) is 29.7. The van der Waals surface area contributed by atoms with Crippen molar-refractivity contribution in [3.63, 3.8) is 0 Å². The molecular weight excluding hydrogens is 516 g/mol. The standard InChI is InChI=1S/C31H60O9/c1-11-17-18-31(9,40-30-24(32-10)23(33-12-2)20-22(38-30)19-21(7)8)28-26(35-14-4)25(34-13-3)27(36-15-5)29(39-28)37-16-6/h21-30H,11-20H2,1-10H3/t22?,23?,24-,25?,26+,27-,28?,29+,30-,31?/m1/s1. The van der Waals surface area contributed by atoms with Crippen LogP contribution in [0.4, 0.5) is 0 Å². The van der Waals surface area contributed by atoms with Gasteiger partial charge in [-0.15, -0.1) is 0 Å². The fraction of sp³-hybridized carbons (Fsp3) is 1.00. The molecule has 9 heteroatoms. The van der Waals surface area contributed by atoms with Gasteiger partial charge in [0.25, 0.3) is 0 Å². The predicted molar refractivity (Wildman–Crippen MR) is 154 cm³/mol. The molecule has 0 bridgehead atoms. The van der Waals surface area contributed by atoms with Crippen LogP contribution in [0.2, 0.25) is 0 Å². The van der Waals surface area contributed by atoms with Crippen molar-refractivity contribution in [1.82, 2.24) is 0 Å². The fourth-order valence-electron chi connectivity index (χ4n) is 6.09. The highest BCUT2D eigenvalue weighted by molar-refractivity contribution is 5.02. The Hall–Kier alpha value is -0.360. The zero-order valence-corrected chi connectivity index (χ0v) is 27.0. The Balaban J connectivity index is 2.52. The van der Waals surface area contributed by atoms with Crippen molar-refractivity contribution in [1.29, 1.82) is 0 Å². The molecule has 0 aromatic heterocycles. The molecule has 0 aromatic rings. The maximum atomic E-state index is 7.05. The lowest BCUT2D eigenvalue weighted by Crippen LogP contribution is -2.68. The molecule has 0 spiro atoms. The Bertz CT molecular complexity index is 665. The van der Waals surface area contributed by atoms with Gasteiger partial charge in [0.15, 0.2) is 12.6 Å². The van der Waals surface area contributed by atoms with E-state index in [1.165, 1.54) is 0 Å². The van der Waals surface area contributed by atoms with Gasteiger partial charge in [0.2, 0.25) is 0 Å². The van der Waals surface area contributed by atoms with Crippen LogP contribution < -0.4 is 0 Å². The van der Waals surface area contributed by atoms with Crippen LogP contribution in [0.5, 0.6) is 0 Å². The summed E-state index contributed by atoms with van der Waals surface area (Å²) in [5.41, 5.74) is -0.796. The number of unbranched alkanes of at least 4 members (excludes halogenated alkanes) is 1. The molecule has 238 valence electrons. The molecule has 9 nitrogen and oxygen atoms in total. The van der Waals surface area contributed by atoms with E-state index in [4.69, 9.17) is 42.6 Å². The third kappa shape index (κ3) is 9.58. The van der Waals surface area contributed by atoms with Crippen molar-refractivity contribution in [3.8, 4) is 0 Å². The molecule has 10 atom stereocenters. The third-order valence-electron chi connectivity index (χ3n) is 7.76. The lowest BCUT2D eigenvalue weighted by Gasteiger charge is -2.52. The van der Waals surface area contributed by atoms with Crippen LogP contribution in [0, 0.1) is 5.92 Å². The maximum absolute atomic E-state index is 7.05. The summed E-state index contributed by atoms with van der Waals surface area (Å²) in [6.45, 7) is 21.2. The van der Waals surface area contributed by atoms with Gasteiger partial charge in [-0.05, 0) is 60.3 Å². The van der Waals surface area contributed by atoms with E-state index in [-0.39, 0.29) is 24.4 Å². The van der Waals surface area contributed by atoms with Crippen molar-refractivity contribution >= 4 is 0 Å². The zero-order valence-electron chi connectivity index (χ0n) is 27.0. The van der Waals surface area contributed by atoms with Gasteiger partial charge in [0.1, 0.15) is 30.5 Å². The molecular formula is C31H60O9. The fourth-order valence-corrected chi connectivity index (χ4v) is 6.09. The van der Waals surface area contributed by atoms with Gasteiger partial charge in [-0.1, -0.05) is 33.6 Å². The minimum Gasteiger partial charge on any atom is -0.375 e. The molecule has 2 saturated heterocycles. The number of rotatable bonds is 19. The number of hydrogen-bond acceptors (Lipinski definition) is 9. The van der Waals surface area contributed by atoms with Crippen molar-refractivity contribution in [2.24, 2.45) is 5.92 Å². The summed E-state index contributed by atoms with van der Waals surface area (Å²) in [4.78, 5) is 0. The Morgan fingerprint density at radius 3 is 1.88 bits per heavy atom. The summed E-state index contributed by atoms with van der Waals surface area (Å²) >= 11 is 0. The molecule has 0 amide bonds. The van der Waals surface area contributed by atoms with E-state index in [9.17, 15) is 0 Å². The van der Waals surface area contributed by atoms with Crippen LogP contribution in [0.1, 0.15) is 94.4 Å². The van der Waals surface area contributed by atoms with Crippen LogP contribution in [0.25, 0.3) is 0 Å². The maximum Gasteiger partial charge on any atom is 0.187 e. The van der Waals surface area contributed by atoms with Crippen LogP contribution in [-0.2, 0) is 42.6 Å². The highest BCUT2D eigenvalue weighted by atomic mass is 16.8. The van der Waals surface area contributed by atoms with Gasteiger partial charge in [-0.2, -0.15) is 0 Å². The first-order valence-electron chi connectivity index (χ1n) is 15.8. The van der Waals surface area contributed by atoms with E-state index >= 15 is 0 Å². The van der Waals surface area contributed by atoms with Crippen LogP contribution in [0.3, 0.4) is 0 Å². The molecule has 0 radical (unpaired) electrons. The van der Waals surface area contributed by atoms with Gasteiger partial charge in [0.05, 0.1) is 17.8 Å². The van der Waals surface area contributed by atoms with Crippen LogP contribution >= 0.6 is 0 Å². The Morgan fingerprint density at radius 1 is 0.725 bits per heavy atom. The molecule has 0 aromatic carbocycles. The molecule has 0 saturated carbocycles. The van der Waals surface area contributed by atoms with Gasteiger partial charge in [0, 0.05) is 46.6 Å². The van der Waals surface area contributed by atoms with Gasteiger partial charge >= 0.3 is 0 Å². The molecule has 2 rings (SSSR count). The average Bonchev–Trinajstić information content (AvgIpc) is 2.90. The smallest absolute Gasteiger partial charge is 0.187 e. The van der Waals surface area contributed by atoms with Crippen LogP contribution in [0.15, 0.2) is 0 Å². The quantitative estimate of drug-likeness (QED) is 0.198. The Labute approximate surface area is 244 Å². The SMILES string of the molecule is CCCCC(C)(O[C@H]1OC(CC(C)C)CC(OCC)[C@H]1OC)C1O[C@H](OCC)[C@H](OCC)C(OCC)[C@@H]1OCC. The predicted octanol–water partition coefficient (Wildman–Crippen LogP) is 5.51. The number of hydrogen-bond donors (Lipinski definition) is 0. The highest BCUT2D eigenvalue weighted by Gasteiger charge is 2.56. The van der Waals surface area contributed by atoms with E-state index in [1.807, 2.05) is 34.6 Å². The van der Waals surface area contributed by atoms with Crippen LogP contribution in [-0.4, -0.2) is 101 Å². The number of ether oxygens (including phenoxy) is 9. The molecule has 40 heavy (non-hydrogen) atoms. The summed E-state index contributed by atoms with van der Waals surface area (Å²) in [5.74, 6) is 0.483. The second kappa shape index (κ2) is 18.3. The first kappa shape index (κ1) is 35.8. The first-order chi connectivity index (χ1) is 19.2. The summed E-state index contributed by atoms with van der Waals surface area (Å²) in [5, 5.41) is 0. The summed E-state index contributed by atoms with van der Waals surface area (Å²) in [6.07, 6.45) is 0.877. The summed E-state index contributed by atoms with van der Waals surface area (Å²) in [7, 11) is 1.70. The third-order valence-corrected chi connectivity index (χ3v) is 7.76. The van der Waals surface area contributed by atoms with Gasteiger partial charge < -0.3 is 42.6 Å². The van der Waals surface area contributed by atoms with E-state index in [0.29, 0.717) is 39.0 Å². The van der Waals surface area contributed by atoms with Crippen molar-refractivity contribution in [2.45, 2.75) is 155 Å². The lowest BCUT2D eigenvalue weighted by molar-refractivity contribution is -0.371. The molecule has 2 aliphatic heterocycles. The molecule has 5 unspecified atom stereocenters. The topological polar surface area (TPSA) is 83.1 Å². The average molecular weight is 577 g/mol. The monoisotopic (exact) mass is 576 g/mol. The van der Waals surface area contributed by atoms with Gasteiger partial charge in [-0.3, -0.25) is 0 Å². The van der Waals surface area contributed by atoms with E-state index < -0.39 is 36.5 Å². The minimum absolute atomic E-state index is 0.00743. The molecule has 2 fully saturated rings. The van der Waals surface area contributed by atoms with Crippen molar-refractivity contribution in [3.05, 3.63) is 0 Å². The van der Waals surface area contributed by atoms with E-state index in [1.54, 1.807) is 7.11 Å². The normalized spacial score (nSPS) is 34.7. The van der Waals surface area contributed by atoms with Crippen molar-refractivity contribution < 1.29 is 42.6 Å². The minimum atomic E-state index is -0.796. The Morgan fingerprint density at radius 2 is 1.32 bits per heavy atom. The van der Waals surface area contributed by atoms with E-state index in [2.05, 4.69) is 27.7 Å². The molecule has 0 aliphatic carbocycles. The number of methoxy groups -OCH3 is 1. The van der Waals surface area contributed by atoms with Crippen molar-refractivity contribution in [2.75, 3.05) is 40.1 Å². The second-order valence-electron chi connectivity index (χ2n) is 11.4. The van der Waals surface area contributed by atoms with E-state index in [0.717, 1.165) is 32.1 Å². The largest absolute Gasteiger partial charge is 0.375 e.